The molecule has 1 saturated heterocycles. The molecule has 6 heteroatoms. The van der Waals surface area contributed by atoms with E-state index in [9.17, 15) is 9.59 Å². The molecule has 31 heavy (non-hydrogen) atoms. The number of likely N-dealkylation sites (tertiary alicyclic amines) is 1. The van der Waals surface area contributed by atoms with Crippen molar-refractivity contribution in [2.45, 2.75) is 38.6 Å². The Kier molecular flexibility index (Phi) is 6.16. The number of nitrogens with one attached hydrogen (secondary N) is 1. The molecule has 2 atom stereocenters. The summed E-state index contributed by atoms with van der Waals surface area (Å²) in [6.07, 6.45) is 5.38. The summed E-state index contributed by atoms with van der Waals surface area (Å²) in [6.45, 7) is 2.67. The predicted molar refractivity (Wildman–Crippen MR) is 119 cm³/mol. The Morgan fingerprint density at radius 2 is 1.87 bits per heavy atom. The number of H-pyrrole nitrogens is 1. The van der Waals surface area contributed by atoms with Gasteiger partial charge in [0.05, 0.1) is 23.5 Å². The molecule has 160 valence electrons. The smallest absolute Gasteiger partial charge is 0.335 e. The number of piperidine rings is 1. The average Bonchev–Trinajstić information content (AvgIpc) is 3.30. The van der Waals surface area contributed by atoms with Crippen molar-refractivity contribution in [3.8, 4) is 11.3 Å². The summed E-state index contributed by atoms with van der Waals surface area (Å²) in [7, 11) is 0. The first-order valence-corrected chi connectivity index (χ1v) is 10.8. The molecular formula is C25H27N3O3. The van der Waals surface area contributed by atoms with Gasteiger partial charge in [-0.3, -0.25) is 4.79 Å². The standard InChI is InChI=1S/C25H27N3O3/c1-17(15-18-10-12-20(13-11-18)25(30)31)24(29)28-14-6-5-9-22(28)23-26-16-21(27-23)19-7-3-2-4-8-19/h2-4,7-8,10-13,16-17,22H,5-6,9,14-15H2,1H3,(H,26,27)(H,30,31)/t17-,22-/m0/s1. The third kappa shape index (κ3) is 4.68. The molecule has 6 nitrogen and oxygen atoms in total. The van der Waals surface area contributed by atoms with Crippen molar-refractivity contribution >= 4 is 11.9 Å². The first-order chi connectivity index (χ1) is 15.0. The van der Waals surface area contributed by atoms with Gasteiger partial charge in [-0.1, -0.05) is 49.4 Å². The molecular weight excluding hydrogens is 390 g/mol. The third-order valence-corrected chi connectivity index (χ3v) is 5.95. The van der Waals surface area contributed by atoms with E-state index in [1.807, 2.05) is 48.4 Å². The van der Waals surface area contributed by atoms with Gasteiger partial charge in [0.15, 0.2) is 0 Å². The topological polar surface area (TPSA) is 86.3 Å². The Hall–Kier alpha value is -3.41. The molecule has 1 aliphatic rings. The fourth-order valence-electron chi connectivity index (χ4n) is 4.26. The summed E-state index contributed by atoms with van der Waals surface area (Å²) in [5.74, 6) is -0.186. The Balaban J connectivity index is 1.48. The number of nitrogens with zero attached hydrogens (tertiary/aromatic N) is 2. The largest absolute Gasteiger partial charge is 0.478 e. The molecule has 3 aromatic rings. The summed E-state index contributed by atoms with van der Waals surface area (Å²) in [4.78, 5) is 34.4. The number of benzene rings is 2. The van der Waals surface area contributed by atoms with Gasteiger partial charge in [0.25, 0.3) is 0 Å². The van der Waals surface area contributed by atoms with E-state index in [1.165, 1.54) is 0 Å². The minimum absolute atomic E-state index is 0.0458. The van der Waals surface area contributed by atoms with Gasteiger partial charge in [0.1, 0.15) is 5.82 Å². The van der Waals surface area contributed by atoms with Crippen LogP contribution in [0.1, 0.15) is 54.0 Å². The lowest BCUT2D eigenvalue weighted by Gasteiger charge is -2.36. The number of imidazole rings is 1. The fraction of sp³-hybridized carbons (Fsp3) is 0.320. The SMILES string of the molecule is C[C@@H](Cc1ccc(C(=O)O)cc1)C(=O)N1CCCC[C@H]1c1ncc(-c2ccccc2)[nH]1. The molecule has 2 N–H and O–H groups in total. The van der Waals surface area contributed by atoms with Crippen LogP contribution in [-0.4, -0.2) is 38.4 Å². The molecule has 0 bridgehead atoms. The maximum Gasteiger partial charge on any atom is 0.335 e. The number of carboxylic acid groups (broad SMARTS) is 1. The second-order valence-electron chi connectivity index (χ2n) is 8.20. The first kappa shape index (κ1) is 20.8. The summed E-state index contributed by atoms with van der Waals surface area (Å²) < 4.78 is 0. The van der Waals surface area contributed by atoms with Crippen LogP contribution in [0.25, 0.3) is 11.3 Å². The summed E-state index contributed by atoms with van der Waals surface area (Å²) in [5.41, 5.74) is 3.25. The highest BCUT2D eigenvalue weighted by Crippen LogP contribution is 2.32. The second-order valence-corrected chi connectivity index (χ2v) is 8.20. The van der Waals surface area contributed by atoms with E-state index in [0.29, 0.717) is 6.42 Å². The van der Waals surface area contributed by atoms with Gasteiger partial charge >= 0.3 is 5.97 Å². The van der Waals surface area contributed by atoms with Gasteiger partial charge in [0.2, 0.25) is 5.91 Å². The van der Waals surface area contributed by atoms with Crippen molar-refractivity contribution < 1.29 is 14.7 Å². The predicted octanol–water partition coefficient (Wildman–Crippen LogP) is 4.71. The number of aromatic amines is 1. The highest BCUT2D eigenvalue weighted by atomic mass is 16.4. The quantitative estimate of drug-likeness (QED) is 0.608. The molecule has 2 heterocycles. The summed E-state index contributed by atoms with van der Waals surface area (Å²) in [5, 5.41) is 9.06. The number of aromatic carboxylic acids is 1. The fourth-order valence-corrected chi connectivity index (χ4v) is 4.26. The van der Waals surface area contributed by atoms with Crippen LogP contribution in [0.2, 0.25) is 0 Å². The number of carbonyl (C=O) groups excluding carboxylic acids is 1. The van der Waals surface area contributed by atoms with E-state index in [1.54, 1.807) is 24.3 Å². The highest BCUT2D eigenvalue weighted by Gasteiger charge is 2.32. The van der Waals surface area contributed by atoms with Crippen LogP contribution in [0, 0.1) is 5.92 Å². The normalized spacial score (nSPS) is 17.3. The average molecular weight is 418 g/mol. The second kappa shape index (κ2) is 9.16. The number of hydrogen-bond acceptors (Lipinski definition) is 3. The molecule has 1 fully saturated rings. The lowest BCUT2D eigenvalue weighted by molar-refractivity contribution is -0.139. The molecule has 1 aliphatic heterocycles. The van der Waals surface area contributed by atoms with Crippen LogP contribution in [0.5, 0.6) is 0 Å². The van der Waals surface area contributed by atoms with E-state index in [2.05, 4.69) is 9.97 Å². The molecule has 0 radical (unpaired) electrons. The van der Waals surface area contributed by atoms with Gasteiger partial charge < -0.3 is 15.0 Å². The van der Waals surface area contributed by atoms with Crippen molar-refractivity contribution in [3.63, 3.8) is 0 Å². The monoisotopic (exact) mass is 417 g/mol. The Morgan fingerprint density at radius 3 is 2.58 bits per heavy atom. The van der Waals surface area contributed by atoms with Crippen molar-refractivity contribution in [1.29, 1.82) is 0 Å². The van der Waals surface area contributed by atoms with Crippen molar-refractivity contribution in [2.75, 3.05) is 6.54 Å². The number of carboxylic acids is 1. The number of rotatable bonds is 6. The zero-order valence-electron chi connectivity index (χ0n) is 17.6. The zero-order valence-corrected chi connectivity index (χ0v) is 17.6. The lowest BCUT2D eigenvalue weighted by Crippen LogP contribution is -2.42. The Bertz CT molecular complexity index is 1040. The zero-order chi connectivity index (χ0) is 21.8. The maximum absolute atomic E-state index is 13.3. The van der Waals surface area contributed by atoms with Crippen LogP contribution in [0.3, 0.4) is 0 Å². The Morgan fingerprint density at radius 1 is 1.13 bits per heavy atom. The molecule has 1 amide bonds. The van der Waals surface area contributed by atoms with Crippen LogP contribution < -0.4 is 0 Å². The van der Waals surface area contributed by atoms with Crippen molar-refractivity contribution in [2.24, 2.45) is 5.92 Å². The maximum atomic E-state index is 13.3. The highest BCUT2D eigenvalue weighted by molar-refractivity contribution is 5.87. The number of aromatic nitrogens is 2. The minimum atomic E-state index is -0.944. The van der Waals surface area contributed by atoms with Gasteiger partial charge in [-0.15, -0.1) is 0 Å². The van der Waals surface area contributed by atoms with Gasteiger partial charge in [-0.05, 0) is 48.9 Å². The van der Waals surface area contributed by atoms with Gasteiger partial charge in [-0.2, -0.15) is 0 Å². The van der Waals surface area contributed by atoms with E-state index >= 15 is 0 Å². The molecule has 2 aromatic carbocycles. The molecule has 0 unspecified atom stereocenters. The number of hydrogen-bond donors (Lipinski definition) is 2. The number of carbonyl (C=O) groups is 2. The van der Waals surface area contributed by atoms with Crippen molar-refractivity contribution in [1.82, 2.24) is 14.9 Å². The third-order valence-electron chi connectivity index (χ3n) is 5.95. The van der Waals surface area contributed by atoms with Crippen LogP contribution in [0.15, 0.2) is 60.8 Å². The molecule has 0 aliphatic carbocycles. The summed E-state index contributed by atoms with van der Waals surface area (Å²) >= 11 is 0. The van der Waals surface area contributed by atoms with Crippen LogP contribution in [-0.2, 0) is 11.2 Å². The van der Waals surface area contributed by atoms with Gasteiger partial charge in [0, 0.05) is 12.5 Å². The van der Waals surface area contributed by atoms with E-state index in [0.717, 1.165) is 48.5 Å². The van der Waals surface area contributed by atoms with Crippen LogP contribution in [0.4, 0.5) is 0 Å². The lowest BCUT2D eigenvalue weighted by atomic mass is 9.95. The van der Waals surface area contributed by atoms with Crippen molar-refractivity contribution in [3.05, 3.63) is 77.7 Å². The van der Waals surface area contributed by atoms with E-state index in [-0.39, 0.29) is 23.4 Å². The van der Waals surface area contributed by atoms with Gasteiger partial charge in [-0.25, -0.2) is 9.78 Å². The minimum Gasteiger partial charge on any atom is -0.478 e. The van der Waals surface area contributed by atoms with E-state index < -0.39 is 5.97 Å². The number of amides is 1. The molecule has 1 aromatic heterocycles. The molecule has 0 spiro atoms. The molecule has 0 saturated carbocycles. The Labute approximate surface area is 181 Å². The van der Waals surface area contributed by atoms with E-state index in [4.69, 9.17) is 5.11 Å². The summed E-state index contributed by atoms with van der Waals surface area (Å²) in [6, 6.07) is 16.8. The molecule has 4 rings (SSSR count). The van der Waals surface area contributed by atoms with Crippen LogP contribution >= 0.6 is 0 Å². The first-order valence-electron chi connectivity index (χ1n) is 10.8.